The Hall–Kier alpha value is -1.43. The first-order valence-electron chi connectivity index (χ1n) is 7.86. The second-order valence-electron chi connectivity index (χ2n) is 6.43. The number of carbonyl (C=O) groups is 1. The van der Waals surface area contributed by atoms with Crippen molar-refractivity contribution in [2.24, 2.45) is 0 Å². The number of aliphatic hydroxyl groups is 2. The van der Waals surface area contributed by atoms with Crippen molar-refractivity contribution >= 4 is 5.97 Å². The number of nitrogens with zero attached hydrogens (tertiary/aromatic N) is 1. The summed E-state index contributed by atoms with van der Waals surface area (Å²) in [5.41, 5.74) is -1.62. The normalized spacial score (nSPS) is 30.8. The molecule has 2 aliphatic rings. The fourth-order valence-electron chi connectivity index (χ4n) is 3.69. The van der Waals surface area contributed by atoms with E-state index in [2.05, 4.69) is 11.9 Å². The van der Waals surface area contributed by atoms with Gasteiger partial charge in [-0.2, -0.15) is 0 Å². The molecule has 0 saturated carbocycles. The molecule has 3 unspecified atom stereocenters. The first-order chi connectivity index (χ1) is 10.5. The van der Waals surface area contributed by atoms with Crippen LogP contribution in [0.3, 0.4) is 0 Å². The van der Waals surface area contributed by atoms with Crippen LogP contribution in [0.5, 0.6) is 0 Å². The van der Waals surface area contributed by atoms with Crippen LogP contribution in [0.4, 0.5) is 0 Å². The van der Waals surface area contributed by atoms with E-state index in [9.17, 15) is 15.0 Å². The Morgan fingerprint density at radius 3 is 2.41 bits per heavy atom. The molecule has 2 N–H and O–H groups in total. The predicted molar refractivity (Wildman–Crippen MR) is 81.1 cm³/mol. The van der Waals surface area contributed by atoms with Crippen LogP contribution in [0.2, 0.25) is 0 Å². The molecule has 1 aromatic carbocycles. The lowest BCUT2D eigenvalue weighted by atomic mass is 9.94. The van der Waals surface area contributed by atoms with Crippen LogP contribution in [0, 0.1) is 0 Å². The third kappa shape index (κ3) is 2.64. The highest BCUT2D eigenvalue weighted by Gasteiger charge is 2.44. The van der Waals surface area contributed by atoms with Gasteiger partial charge >= 0.3 is 5.97 Å². The lowest BCUT2D eigenvalue weighted by Crippen LogP contribution is -2.47. The van der Waals surface area contributed by atoms with E-state index in [0.29, 0.717) is 17.6 Å². The van der Waals surface area contributed by atoms with E-state index in [0.717, 1.165) is 25.7 Å². The molecule has 3 rings (SSSR count). The minimum Gasteiger partial charge on any atom is -0.460 e. The highest BCUT2D eigenvalue weighted by Crippen LogP contribution is 2.36. The van der Waals surface area contributed by atoms with Crippen molar-refractivity contribution in [2.45, 2.75) is 49.5 Å². The number of rotatable bonds is 4. The maximum absolute atomic E-state index is 12.4. The maximum atomic E-state index is 12.4. The maximum Gasteiger partial charge on any atom is 0.345 e. The highest BCUT2D eigenvalue weighted by molar-refractivity contribution is 5.81. The monoisotopic (exact) mass is 305 g/mol. The number of hydrogen-bond acceptors (Lipinski definition) is 5. The summed E-state index contributed by atoms with van der Waals surface area (Å²) in [6, 6.07) is 9.39. The predicted octanol–water partition coefficient (Wildman–Crippen LogP) is 1.03. The summed E-state index contributed by atoms with van der Waals surface area (Å²) in [7, 11) is 2.12. The quantitative estimate of drug-likeness (QED) is 0.813. The first-order valence-corrected chi connectivity index (χ1v) is 7.86. The van der Waals surface area contributed by atoms with Crippen LogP contribution in [0.25, 0.3) is 0 Å². The number of aliphatic hydroxyl groups excluding tert-OH is 1. The van der Waals surface area contributed by atoms with Gasteiger partial charge < -0.3 is 19.8 Å². The number of esters is 1. The van der Waals surface area contributed by atoms with Gasteiger partial charge in [0.05, 0.1) is 6.61 Å². The first kappa shape index (κ1) is 15.5. The van der Waals surface area contributed by atoms with Crippen molar-refractivity contribution in [3.63, 3.8) is 0 Å². The number of fused-ring (bicyclic) bond motifs is 2. The van der Waals surface area contributed by atoms with Gasteiger partial charge in [-0.25, -0.2) is 4.79 Å². The second kappa shape index (κ2) is 5.99. The van der Waals surface area contributed by atoms with E-state index < -0.39 is 18.2 Å². The number of benzene rings is 1. The topological polar surface area (TPSA) is 70.0 Å². The van der Waals surface area contributed by atoms with Gasteiger partial charge in [0.2, 0.25) is 5.60 Å². The summed E-state index contributed by atoms with van der Waals surface area (Å²) < 4.78 is 5.56. The van der Waals surface area contributed by atoms with E-state index in [1.807, 2.05) is 0 Å². The Morgan fingerprint density at radius 1 is 1.27 bits per heavy atom. The van der Waals surface area contributed by atoms with E-state index in [1.165, 1.54) is 0 Å². The summed E-state index contributed by atoms with van der Waals surface area (Å²) in [6.45, 7) is -0.685. The molecule has 0 aromatic heterocycles. The van der Waals surface area contributed by atoms with Crippen LogP contribution in [0.1, 0.15) is 31.2 Å². The van der Waals surface area contributed by atoms with Crippen molar-refractivity contribution in [2.75, 3.05) is 13.7 Å². The van der Waals surface area contributed by atoms with Crippen molar-refractivity contribution in [1.29, 1.82) is 0 Å². The van der Waals surface area contributed by atoms with E-state index in [4.69, 9.17) is 4.74 Å². The molecule has 1 aromatic rings. The minimum absolute atomic E-state index is 0.178. The number of ether oxygens (including phenoxy) is 1. The fraction of sp³-hybridized carbons (Fsp3) is 0.588. The molecule has 0 radical (unpaired) electrons. The minimum atomic E-state index is -1.98. The highest BCUT2D eigenvalue weighted by atomic mass is 16.6. The Balaban J connectivity index is 1.71. The molecule has 2 saturated heterocycles. The summed E-state index contributed by atoms with van der Waals surface area (Å²) >= 11 is 0. The van der Waals surface area contributed by atoms with Gasteiger partial charge in [0.15, 0.2) is 0 Å². The molecule has 0 aliphatic carbocycles. The van der Waals surface area contributed by atoms with Gasteiger partial charge in [-0.3, -0.25) is 0 Å². The van der Waals surface area contributed by atoms with Gasteiger partial charge in [-0.15, -0.1) is 0 Å². The van der Waals surface area contributed by atoms with Crippen molar-refractivity contribution < 1.29 is 19.7 Å². The zero-order valence-corrected chi connectivity index (χ0v) is 12.8. The third-order valence-electron chi connectivity index (χ3n) is 5.15. The zero-order valence-electron chi connectivity index (χ0n) is 12.8. The number of hydrogen-bond donors (Lipinski definition) is 2. The zero-order chi connectivity index (χ0) is 15.7. The summed E-state index contributed by atoms with van der Waals surface area (Å²) in [4.78, 5) is 14.8. The third-order valence-corrected chi connectivity index (χ3v) is 5.15. The van der Waals surface area contributed by atoms with Crippen LogP contribution in [0.15, 0.2) is 30.3 Å². The molecule has 2 aliphatic heterocycles. The van der Waals surface area contributed by atoms with Gasteiger partial charge in [0, 0.05) is 12.1 Å². The summed E-state index contributed by atoms with van der Waals surface area (Å²) in [5, 5.41) is 20.1. The Kier molecular flexibility index (Phi) is 4.21. The standard InChI is InChI=1S/C17H23NO4/c1-18-13-7-8-14(18)10-15(9-13)22-16(20)17(21,11-19)12-5-3-2-4-6-12/h2-6,13-15,19,21H,7-11H2,1H3. The molecular weight excluding hydrogens is 282 g/mol. The van der Waals surface area contributed by atoms with Gasteiger partial charge in [0.1, 0.15) is 6.10 Å². The fourth-order valence-corrected chi connectivity index (χ4v) is 3.69. The molecule has 5 nitrogen and oxygen atoms in total. The average molecular weight is 305 g/mol. The Labute approximate surface area is 130 Å². The van der Waals surface area contributed by atoms with Crippen LogP contribution in [-0.4, -0.2) is 52.9 Å². The largest absolute Gasteiger partial charge is 0.460 e. The van der Waals surface area contributed by atoms with Crippen LogP contribution < -0.4 is 0 Å². The lowest BCUT2D eigenvalue weighted by Gasteiger charge is -2.37. The van der Waals surface area contributed by atoms with Gasteiger partial charge in [-0.1, -0.05) is 30.3 Å². The molecule has 22 heavy (non-hydrogen) atoms. The van der Waals surface area contributed by atoms with E-state index >= 15 is 0 Å². The molecule has 0 spiro atoms. The van der Waals surface area contributed by atoms with Crippen molar-refractivity contribution in [1.82, 2.24) is 4.90 Å². The molecule has 2 heterocycles. The van der Waals surface area contributed by atoms with E-state index in [-0.39, 0.29) is 6.10 Å². The van der Waals surface area contributed by atoms with Gasteiger partial charge in [-0.05, 0) is 38.3 Å². The summed E-state index contributed by atoms with van der Waals surface area (Å²) in [5.74, 6) is -0.754. The molecule has 0 amide bonds. The molecule has 5 heteroatoms. The molecule has 2 bridgehead atoms. The molecule has 120 valence electrons. The van der Waals surface area contributed by atoms with E-state index in [1.54, 1.807) is 30.3 Å². The number of piperidine rings is 1. The van der Waals surface area contributed by atoms with Gasteiger partial charge in [0.25, 0.3) is 0 Å². The molecule has 3 atom stereocenters. The van der Waals surface area contributed by atoms with Crippen LogP contribution >= 0.6 is 0 Å². The van der Waals surface area contributed by atoms with Crippen molar-refractivity contribution in [3.05, 3.63) is 35.9 Å². The van der Waals surface area contributed by atoms with Crippen molar-refractivity contribution in [3.8, 4) is 0 Å². The average Bonchev–Trinajstić information content (AvgIpc) is 2.76. The smallest absolute Gasteiger partial charge is 0.345 e. The molecule has 2 fully saturated rings. The SMILES string of the molecule is CN1C2CCC1CC(OC(=O)C(O)(CO)c1ccccc1)C2. The second-order valence-corrected chi connectivity index (χ2v) is 6.43. The number of carbonyl (C=O) groups excluding carboxylic acids is 1. The van der Waals surface area contributed by atoms with Crippen LogP contribution in [-0.2, 0) is 15.1 Å². The molecular formula is C17H23NO4. The Morgan fingerprint density at radius 2 is 1.86 bits per heavy atom. The Bertz CT molecular complexity index is 521. The lowest BCUT2D eigenvalue weighted by molar-refractivity contribution is -0.180. The summed E-state index contributed by atoms with van der Waals surface area (Å²) in [6.07, 6.45) is 3.70.